The zero-order chi connectivity index (χ0) is 22.5. The van der Waals surface area contributed by atoms with E-state index in [1.807, 2.05) is 0 Å². The van der Waals surface area contributed by atoms with Gasteiger partial charge in [-0.3, -0.25) is 19.7 Å². The van der Waals surface area contributed by atoms with Gasteiger partial charge in [0, 0.05) is 22.3 Å². The van der Waals surface area contributed by atoms with Gasteiger partial charge in [-0.1, -0.05) is 0 Å². The number of benzene rings is 1. The number of aliphatic hydroxyl groups is 2. The number of rotatable bonds is 1. The average Bonchev–Trinajstić information content (AvgIpc) is 2.81. The highest BCUT2D eigenvalue weighted by Gasteiger charge is 2.69. The van der Waals surface area contributed by atoms with E-state index in [1.54, 1.807) is 5.32 Å². The second-order valence-corrected chi connectivity index (χ2v) is 6.86. The zero-order valence-electron chi connectivity index (χ0n) is 14.6. The lowest BCUT2D eigenvalue weighted by atomic mass is 9.32. The number of hydrogen-bond donors (Lipinski definition) is 4. The van der Waals surface area contributed by atoms with Crippen molar-refractivity contribution in [2.24, 2.45) is 0 Å². The molecule has 2 heterocycles. The van der Waals surface area contributed by atoms with Crippen LogP contribution in [-0.2, 0) is 15.2 Å². The Morgan fingerprint density at radius 1 is 0.966 bits per heavy atom. The van der Waals surface area contributed by atoms with Crippen LogP contribution in [0.2, 0.25) is 5.21 Å². The minimum atomic E-state index is -3.40. The molecule has 0 saturated carbocycles. The van der Waals surface area contributed by atoms with Crippen molar-refractivity contribution in [3.63, 3.8) is 0 Å². The van der Waals surface area contributed by atoms with Crippen LogP contribution >= 0.6 is 0 Å². The molecule has 8 nitrogen and oxygen atoms in total. The number of carbonyl (C=O) groups excluding carboxylic acids is 3. The molecule has 16 heteroatoms. The van der Waals surface area contributed by atoms with Gasteiger partial charge in [0.25, 0.3) is 5.91 Å². The molecule has 2 aliphatic rings. The molecule has 29 heavy (non-hydrogen) atoms. The van der Waals surface area contributed by atoms with E-state index < -0.39 is 73.1 Å². The molecule has 3 rings (SSSR count). The molecule has 3 amide bonds. The molecule has 0 aliphatic carbocycles. The predicted octanol–water partition coefficient (Wildman–Crippen LogP) is -6.45. The maximum absolute atomic E-state index is 14.2. The van der Waals surface area contributed by atoms with Gasteiger partial charge in [-0.2, -0.15) is 0 Å². The fourth-order valence-electron chi connectivity index (χ4n) is 3.42. The fourth-order valence-corrected chi connectivity index (χ4v) is 3.42. The third kappa shape index (κ3) is 2.21. The minimum absolute atomic E-state index is 0.0630. The van der Waals surface area contributed by atoms with Crippen molar-refractivity contribution in [3.8, 4) is 0 Å². The number of fused-ring (bicyclic) bond motifs is 1. The molecule has 0 spiro atoms. The quantitative estimate of drug-likeness (QED) is 0.218. The standard InChI is InChI=1S/C13H5B7FN3O5/c14-3-1-2(6(22)4(15)5(3)21)12(19,28)24(7(1)25)11(18)9(27)23-8(26)10(16,17)13(11,20)29/h28-29H,22H2,(H,23,26,27)/t11-,12?,13?/m1/s1. The summed E-state index contributed by atoms with van der Waals surface area (Å²) in [4.78, 5) is 37.5. The summed E-state index contributed by atoms with van der Waals surface area (Å²) in [6.45, 7) is 0. The normalized spacial score (nSPS) is 33.5. The van der Waals surface area contributed by atoms with Crippen LogP contribution in [-0.4, -0.2) is 98.7 Å². The maximum atomic E-state index is 14.2. The molecule has 3 atom stereocenters. The van der Waals surface area contributed by atoms with Crippen LogP contribution in [0.3, 0.4) is 0 Å². The number of nitrogen functional groups attached to an aromatic ring is 1. The Morgan fingerprint density at radius 2 is 1.48 bits per heavy atom. The molecule has 0 aromatic heterocycles. The summed E-state index contributed by atoms with van der Waals surface area (Å²) >= 11 is 0. The number of piperidine rings is 1. The monoisotopic (exact) mass is 379 g/mol. The van der Waals surface area contributed by atoms with Crippen molar-refractivity contribution in [1.82, 2.24) is 10.2 Å². The Morgan fingerprint density at radius 3 is 2.00 bits per heavy atom. The third-order valence-electron chi connectivity index (χ3n) is 5.19. The number of hydrogen-bond acceptors (Lipinski definition) is 6. The number of amides is 3. The van der Waals surface area contributed by atoms with Gasteiger partial charge in [-0.25, -0.2) is 4.39 Å². The van der Waals surface area contributed by atoms with Crippen molar-refractivity contribution < 1.29 is 29.0 Å². The molecular weight excluding hydrogens is 373 g/mol. The van der Waals surface area contributed by atoms with Crippen molar-refractivity contribution in [1.29, 1.82) is 0 Å². The number of nitrogens with zero attached hydrogens (tertiary/aromatic N) is 1. The molecule has 1 saturated heterocycles. The summed E-state index contributed by atoms with van der Waals surface area (Å²) in [7, 11) is 39.4. The fraction of sp³-hybridized carbons (Fsp3) is 0.308. The van der Waals surface area contributed by atoms with E-state index in [-0.39, 0.29) is 4.90 Å². The molecular formula is C13H5B7FN3O5. The Balaban J connectivity index is 2.37. The highest BCUT2D eigenvalue weighted by molar-refractivity contribution is 6.59. The van der Waals surface area contributed by atoms with E-state index in [9.17, 15) is 29.0 Å². The van der Waals surface area contributed by atoms with Crippen LogP contribution in [0.5, 0.6) is 0 Å². The summed E-state index contributed by atoms with van der Waals surface area (Å²) in [5.74, 6) is -5.86. The van der Waals surface area contributed by atoms with E-state index in [1.165, 1.54) is 0 Å². The van der Waals surface area contributed by atoms with Crippen molar-refractivity contribution in [3.05, 3.63) is 16.9 Å². The smallest absolute Gasteiger partial charge is 0.256 e. The van der Waals surface area contributed by atoms with Crippen LogP contribution < -0.4 is 22.0 Å². The molecule has 1 aromatic rings. The van der Waals surface area contributed by atoms with Crippen LogP contribution in [0.15, 0.2) is 0 Å². The van der Waals surface area contributed by atoms with E-state index in [2.05, 4.69) is 0 Å². The number of imide groups is 1. The van der Waals surface area contributed by atoms with Crippen molar-refractivity contribution in [2.75, 3.05) is 5.73 Å². The lowest BCUT2D eigenvalue weighted by Gasteiger charge is -2.60. The second kappa shape index (κ2) is 5.75. The highest BCUT2D eigenvalue weighted by Crippen LogP contribution is 2.50. The molecule has 2 unspecified atom stereocenters. The van der Waals surface area contributed by atoms with Crippen LogP contribution in [0, 0.1) is 5.82 Å². The summed E-state index contributed by atoms with van der Waals surface area (Å²) in [6.07, 6.45) is 0. The molecule has 14 radical (unpaired) electrons. The van der Waals surface area contributed by atoms with Gasteiger partial charge in [-0.15, -0.1) is 0 Å². The SMILES string of the molecule is [B]c1c(N)c2c(c([B])c1F)C(=O)N([C@]1([B])C(=O)NC(=O)C([B])([B])C1([B])O)C2([B])O. The molecule has 2 aliphatic heterocycles. The van der Waals surface area contributed by atoms with Crippen molar-refractivity contribution >= 4 is 89.3 Å². The first-order chi connectivity index (χ1) is 13.0. The molecule has 1 aromatic carbocycles. The molecule has 130 valence electrons. The summed E-state index contributed by atoms with van der Waals surface area (Å²) in [5.41, 5.74) is -7.98. The first-order valence-corrected chi connectivity index (χ1v) is 7.73. The van der Waals surface area contributed by atoms with Gasteiger partial charge < -0.3 is 20.8 Å². The van der Waals surface area contributed by atoms with Gasteiger partial charge in [0.15, 0.2) is 7.85 Å². The van der Waals surface area contributed by atoms with Crippen LogP contribution in [0.25, 0.3) is 0 Å². The summed E-state index contributed by atoms with van der Waals surface area (Å²) in [5, 5.41) is 20.2. The van der Waals surface area contributed by atoms with E-state index >= 15 is 0 Å². The predicted molar refractivity (Wildman–Crippen MR) is 104 cm³/mol. The topological polar surface area (TPSA) is 133 Å². The molecule has 1 fully saturated rings. The first kappa shape index (κ1) is 21.6. The number of carbonyl (C=O) groups is 3. The van der Waals surface area contributed by atoms with Crippen molar-refractivity contribution in [2.45, 2.75) is 21.8 Å². The Hall–Kier alpha value is -2.07. The average molecular weight is 378 g/mol. The number of nitrogens with two attached hydrogens (primary N) is 1. The van der Waals surface area contributed by atoms with Crippen LogP contribution in [0.1, 0.15) is 15.9 Å². The first-order valence-electron chi connectivity index (χ1n) is 7.73. The second-order valence-electron chi connectivity index (χ2n) is 6.86. The Bertz CT molecular complexity index is 1020. The highest BCUT2D eigenvalue weighted by atomic mass is 19.1. The maximum Gasteiger partial charge on any atom is 0.256 e. The van der Waals surface area contributed by atoms with E-state index in [0.717, 1.165) is 0 Å². The summed E-state index contributed by atoms with van der Waals surface area (Å²) < 4.78 is 14.2. The van der Waals surface area contributed by atoms with E-state index in [0.29, 0.717) is 0 Å². The minimum Gasteiger partial charge on any atom is -0.399 e. The number of halogens is 1. The Labute approximate surface area is 173 Å². The van der Waals surface area contributed by atoms with Gasteiger partial charge in [0.2, 0.25) is 11.8 Å². The van der Waals surface area contributed by atoms with Gasteiger partial charge in [0.05, 0.1) is 15.7 Å². The Kier molecular flexibility index (Phi) is 4.29. The number of nitrogens with one attached hydrogen (secondary N) is 1. The van der Waals surface area contributed by atoms with Gasteiger partial charge >= 0.3 is 0 Å². The number of anilines is 1. The van der Waals surface area contributed by atoms with E-state index in [4.69, 9.17) is 60.7 Å². The summed E-state index contributed by atoms with van der Waals surface area (Å²) in [6, 6.07) is 0. The lowest BCUT2D eigenvalue weighted by molar-refractivity contribution is -0.161. The molecule has 0 bridgehead atoms. The largest absolute Gasteiger partial charge is 0.399 e. The van der Waals surface area contributed by atoms with Gasteiger partial charge in [-0.05, 0) is 16.1 Å². The van der Waals surface area contributed by atoms with Crippen LogP contribution in [0.4, 0.5) is 10.1 Å². The zero-order valence-corrected chi connectivity index (χ0v) is 14.6. The molecule has 5 N–H and O–H groups in total. The third-order valence-corrected chi connectivity index (χ3v) is 5.19. The lowest BCUT2D eigenvalue weighted by Crippen LogP contribution is -2.83. The van der Waals surface area contributed by atoms with Gasteiger partial charge in [0.1, 0.15) is 48.3 Å².